The topological polar surface area (TPSA) is 72.6 Å². The molecule has 1 aliphatic heterocycles. The van der Waals surface area contributed by atoms with Crippen molar-refractivity contribution < 1.29 is 23.1 Å². The normalized spacial score (nSPS) is 21.3. The molecule has 0 bridgehead atoms. The minimum Gasteiger partial charge on any atom is -0.376 e. The number of primary amides is 1. The lowest BCUT2D eigenvalue weighted by Crippen LogP contribution is -2.51. The second-order valence-electron chi connectivity index (χ2n) is 5.81. The zero-order chi connectivity index (χ0) is 17.0. The van der Waals surface area contributed by atoms with E-state index in [4.69, 9.17) is 10.5 Å². The minimum absolute atomic E-state index is 0.143. The Balaban J connectivity index is 2.17. The third-order valence-corrected chi connectivity index (χ3v) is 4.25. The van der Waals surface area contributed by atoms with Crippen molar-refractivity contribution in [1.29, 1.82) is 0 Å². The van der Waals surface area contributed by atoms with Crippen molar-refractivity contribution in [3.63, 3.8) is 0 Å². The van der Waals surface area contributed by atoms with Gasteiger partial charge in [0.1, 0.15) is 11.6 Å². The largest absolute Gasteiger partial charge is 0.376 e. The van der Waals surface area contributed by atoms with Crippen molar-refractivity contribution in [2.24, 2.45) is 5.73 Å². The first-order chi connectivity index (χ1) is 10.9. The molecule has 1 aliphatic rings. The summed E-state index contributed by atoms with van der Waals surface area (Å²) in [6, 6.07) is 2.79. The van der Waals surface area contributed by atoms with Crippen LogP contribution in [0, 0.1) is 11.6 Å². The van der Waals surface area contributed by atoms with Gasteiger partial charge in [0, 0.05) is 26.6 Å². The number of nitrogens with zero attached hydrogens (tertiary/aromatic N) is 1. The third kappa shape index (κ3) is 4.04. The van der Waals surface area contributed by atoms with Crippen molar-refractivity contribution in [2.45, 2.75) is 31.3 Å². The molecule has 1 atom stereocenters. The smallest absolute Gasteiger partial charge is 0.257 e. The van der Waals surface area contributed by atoms with Gasteiger partial charge in [-0.25, -0.2) is 8.78 Å². The number of carbonyl (C=O) groups excluding carboxylic acids is 2. The quantitative estimate of drug-likeness (QED) is 0.897. The van der Waals surface area contributed by atoms with Gasteiger partial charge in [-0.2, -0.15) is 0 Å². The number of piperidine rings is 1. The lowest BCUT2D eigenvalue weighted by molar-refractivity contribution is -0.121. The van der Waals surface area contributed by atoms with E-state index in [0.717, 1.165) is 18.2 Å². The van der Waals surface area contributed by atoms with Crippen LogP contribution in [0.4, 0.5) is 8.78 Å². The molecule has 126 valence electrons. The first kappa shape index (κ1) is 17.3. The Kier molecular flexibility index (Phi) is 5.30. The van der Waals surface area contributed by atoms with Gasteiger partial charge in [-0.1, -0.05) is 0 Å². The highest BCUT2D eigenvalue weighted by molar-refractivity contribution is 5.94. The molecule has 1 saturated heterocycles. The first-order valence-corrected chi connectivity index (χ1v) is 7.45. The second-order valence-corrected chi connectivity index (χ2v) is 5.81. The van der Waals surface area contributed by atoms with Gasteiger partial charge in [-0.3, -0.25) is 9.59 Å². The van der Waals surface area contributed by atoms with Gasteiger partial charge in [0.2, 0.25) is 5.91 Å². The molecule has 0 unspecified atom stereocenters. The van der Waals surface area contributed by atoms with Crippen LogP contribution < -0.4 is 5.73 Å². The molecule has 2 N–H and O–H groups in total. The molecule has 2 amide bonds. The van der Waals surface area contributed by atoms with Crippen LogP contribution in [0.15, 0.2) is 18.2 Å². The molecule has 5 nitrogen and oxygen atoms in total. The highest BCUT2D eigenvalue weighted by atomic mass is 19.1. The number of hydrogen-bond donors (Lipinski definition) is 1. The number of nitrogens with two attached hydrogens (primary N) is 1. The molecule has 0 saturated carbocycles. The Morgan fingerprint density at radius 2 is 2.13 bits per heavy atom. The number of ether oxygens (including phenoxy) is 1. The predicted molar refractivity (Wildman–Crippen MR) is 79.7 cm³/mol. The molecular formula is C16H20F2N2O3. The number of methoxy groups -OCH3 is 1. The van der Waals surface area contributed by atoms with E-state index in [1.165, 1.54) is 12.0 Å². The summed E-state index contributed by atoms with van der Waals surface area (Å²) >= 11 is 0. The van der Waals surface area contributed by atoms with Crippen molar-refractivity contribution >= 4 is 11.8 Å². The van der Waals surface area contributed by atoms with E-state index in [1.54, 1.807) is 0 Å². The SMILES string of the molecule is CO[C@@]1(CCC(N)=O)CCCN(C(=O)c2cc(F)ccc2F)C1. The summed E-state index contributed by atoms with van der Waals surface area (Å²) in [4.78, 5) is 24.9. The van der Waals surface area contributed by atoms with Crippen LogP contribution in [0.3, 0.4) is 0 Å². The van der Waals surface area contributed by atoms with E-state index in [1.807, 2.05) is 0 Å². The Bertz CT molecular complexity index is 609. The highest BCUT2D eigenvalue weighted by Gasteiger charge is 2.38. The van der Waals surface area contributed by atoms with Crippen LogP contribution in [-0.4, -0.2) is 42.5 Å². The summed E-state index contributed by atoms with van der Waals surface area (Å²) in [5.74, 6) is -2.45. The summed E-state index contributed by atoms with van der Waals surface area (Å²) in [6.45, 7) is 0.641. The Morgan fingerprint density at radius 1 is 1.39 bits per heavy atom. The van der Waals surface area contributed by atoms with E-state index in [0.29, 0.717) is 25.8 Å². The Labute approximate surface area is 133 Å². The maximum atomic E-state index is 13.8. The zero-order valence-corrected chi connectivity index (χ0v) is 13.0. The van der Waals surface area contributed by atoms with Crippen LogP contribution in [0.25, 0.3) is 0 Å². The number of hydrogen-bond acceptors (Lipinski definition) is 3. The summed E-state index contributed by atoms with van der Waals surface area (Å²) in [7, 11) is 1.51. The molecule has 23 heavy (non-hydrogen) atoms. The molecule has 0 aromatic heterocycles. The molecule has 1 aromatic carbocycles. The summed E-state index contributed by atoms with van der Waals surface area (Å²) in [5.41, 5.74) is 4.19. The van der Waals surface area contributed by atoms with E-state index < -0.39 is 29.0 Å². The fraction of sp³-hybridized carbons (Fsp3) is 0.500. The van der Waals surface area contributed by atoms with Crippen molar-refractivity contribution in [1.82, 2.24) is 4.90 Å². The van der Waals surface area contributed by atoms with E-state index in [-0.39, 0.29) is 18.5 Å². The zero-order valence-electron chi connectivity index (χ0n) is 13.0. The first-order valence-electron chi connectivity index (χ1n) is 7.45. The van der Waals surface area contributed by atoms with Crippen molar-refractivity contribution in [3.05, 3.63) is 35.4 Å². The fourth-order valence-electron chi connectivity index (χ4n) is 2.93. The summed E-state index contributed by atoms with van der Waals surface area (Å²) in [6.07, 6.45) is 1.85. The molecule has 0 aliphatic carbocycles. The number of carbonyl (C=O) groups is 2. The average molecular weight is 326 g/mol. The van der Waals surface area contributed by atoms with Gasteiger partial charge in [0.15, 0.2) is 0 Å². The standard InChI is InChI=1S/C16H20F2N2O3/c1-23-16(7-5-14(19)21)6-2-8-20(10-16)15(22)12-9-11(17)3-4-13(12)18/h3-4,9H,2,5-8,10H2,1H3,(H2,19,21)/t16-/m1/s1. The number of halogens is 2. The lowest BCUT2D eigenvalue weighted by Gasteiger charge is -2.42. The maximum Gasteiger partial charge on any atom is 0.257 e. The number of amides is 2. The number of likely N-dealkylation sites (tertiary alicyclic amines) is 1. The van der Waals surface area contributed by atoms with Crippen LogP contribution in [0.5, 0.6) is 0 Å². The Morgan fingerprint density at radius 3 is 2.78 bits per heavy atom. The van der Waals surface area contributed by atoms with Gasteiger partial charge >= 0.3 is 0 Å². The van der Waals surface area contributed by atoms with Crippen LogP contribution >= 0.6 is 0 Å². The molecule has 0 radical (unpaired) electrons. The molecule has 0 spiro atoms. The summed E-state index contributed by atoms with van der Waals surface area (Å²) in [5, 5.41) is 0. The van der Waals surface area contributed by atoms with Gasteiger partial charge in [-0.15, -0.1) is 0 Å². The van der Waals surface area contributed by atoms with Crippen molar-refractivity contribution in [3.8, 4) is 0 Å². The molecule has 2 rings (SSSR count). The van der Waals surface area contributed by atoms with Gasteiger partial charge in [0.05, 0.1) is 11.2 Å². The van der Waals surface area contributed by atoms with Crippen molar-refractivity contribution in [2.75, 3.05) is 20.2 Å². The highest BCUT2D eigenvalue weighted by Crippen LogP contribution is 2.30. The second kappa shape index (κ2) is 7.04. The molecule has 7 heteroatoms. The molecule has 1 fully saturated rings. The van der Waals surface area contributed by atoms with Crippen LogP contribution in [0.1, 0.15) is 36.0 Å². The lowest BCUT2D eigenvalue weighted by atomic mass is 9.87. The van der Waals surface area contributed by atoms with Crippen LogP contribution in [0.2, 0.25) is 0 Å². The monoisotopic (exact) mass is 326 g/mol. The number of benzene rings is 1. The van der Waals surface area contributed by atoms with Gasteiger partial charge < -0.3 is 15.4 Å². The minimum atomic E-state index is -0.762. The third-order valence-electron chi connectivity index (χ3n) is 4.25. The maximum absolute atomic E-state index is 13.8. The van der Waals surface area contributed by atoms with E-state index in [2.05, 4.69) is 0 Å². The fourth-order valence-corrected chi connectivity index (χ4v) is 2.93. The molecule has 1 aromatic rings. The van der Waals surface area contributed by atoms with Crippen LogP contribution in [-0.2, 0) is 9.53 Å². The summed E-state index contributed by atoms with van der Waals surface area (Å²) < 4.78 is 32.6. The predicted octanol–water partition coefficient (Wildman–Crippen LogP) is 1.85. The average Bonchev–Trinajstić information content (AvgIpc) is 2.55. The molecular weight excluding hydrogens is 306 g/mol. The van der Waals surface area contributed by atoms with Gasteiger partial charge in [-0.05, 0) is 37.5 Å². The number of rotatable bonds is 5. The van der Waals surface area contributed by atoms with E-state index in [9.17, 15) is 18.4 Å². The Hall–Kier alpha value is -2.02. The van der Waals surface area contributed by atoms with Gasteiger partial charge in [0.25, 0.3) is 5.91 Å². The molecule has 1 heterocycles. The van der Waals surface area contributed by atoms with E-state index >= 15 is 0 Å².